The molecule has 552 valence electrons. The second-order valence-electron chi connectivity index (χ2n) is 28.6. The number of urea groups is 1. The van der Waals surface area contributed by atoms with Crippen LogP contribution in [0.3, 0.4) is 0 Å². The van der Waals surface area contributed by atoms with Gasteiger partial charge in [-0.15, -0.1) is 0 Å². The second kappa shape index (κ2) is 40.8. The van der Waals surface area contributed by atoms with Crippen LogP contribution < -0.4 is 32.3 Å². The molecule has 8 amide bonds. The van der Waals surface area contributed by atoms with E-state index in [0.717, 1.165) is 31.2 Å². The number of unbranched alkanes of at least 4 members (excludes halogenated alkanes) is 2. The fourth-order valence-electron chi connectivity index (χ4n) is 14.7. The first-order chi connectivity index (χ1) is 47.0. The highest BCUT2D eigenvalue weighted by atomic mass is 16.5. The van der Waals surface area contributed by atoms with Crippen LogP contribution in [-0.4, -0.2) is 187 Å². The number of carbonyl (C=O) groups excluding carboxylic acids is 10. The normalized spacial score (nSPS) is 19.7. The smallest absolute Gasteiger partial charge is 0.411 e. The number of Topliss-reactive ketones (excluding diaryl/α,β-unsaturated/α-hetero) is 3. The third-order valence-corrected chi connectivity index (χ3v) is 20.7. The molecule has 1 unspecified atom stereocenters. The Balaban J connectivity index is 1.11. The van der Waals surface area contributed by atoms with Gasteiger partial charge in [0.2, 0.25) is 29.5 Å². The average Bonchev–Trinajstić information content (AvgIpc) is 1.66. The number of aliphatic carboxylic acids is 1. The van der Waals surface area contributed by atoms with E-state index in [4.69, 9.17) is 25.1 Å². The quantitative estimate of drug-likeness (QED) is 0.0291. The highest BCUT2D eigenvalue weighted by Crippen LogP contribution is 2.43. The van der Waals surface area contributed by atoms with Crippen LogP contribution in [0.25, 0.3) is 0 Å². The maximum Gasteiger partial charge on any atom is 0.411 e. The summed E-state index contributed by atoms with van der Waals surface area (Å²) in [6, 6.07) is 11.4. The van der Waals surface area contributed by atoms with E-state index in [0.29, 0.717) is 86.9 Å². The van der Waals surface area contributed by atoms with Gasteiger partial charge in [0.1, 0.15) is 12.4 Å². The number of hydrogen-bond donors (Lipinski definition) is 8. The Morgan fingerprint density at radius 1 is 0.747 bits per heavy atom. The molecule has 99 heavy (non-hydrogen) atoms. The zero-order valence-corrected chi connectivity index (χ0v) is 60.6. The van der Waals surface area contributed by atoms with Crippen LogP contribution in [0.15, 0.2) is 48.5 Å². The number of amides is 8. The Morgan fingerprint density at radius 3 is 2.07 bits per heavy atom. The molecule has 25 nitrogen and oxygen atoms in total. The number of ether oxygens (including phenoxy) is 3. The first-order valence-corrected chi connectivity index (χ1v) is 35.8. The summed E-state index contributed by atoms with van der Waals surface area (Å²) in [6.45, 7) is 15.5. The van der Waals surface area contributed by atoms with Gasteiger partial charge in [-0.3, -0.25) is 53.4 Å². The van der Waals surface area contributed by atoms with E-state index in [-0.39, 0.29) is 129 Å². The summed E-state index contributed by atoms with van der Waals surface area (Å²) in [7, 11) is 6.91. The molecule has 2 aromatic carbocycles. The maximum absolute atomic E-state index is 14.6. The van der Waals surface area contributed by atoms with Crippen molar-refractivity contribution in [2.75, 3.05) is 65.2 Å². The standard InChI is InChI=1S/C74H115N9O16/c1-13-46(6)67(82(10)72(94)57(44(2)3)40-61(87)68-52-27-30-56(38-52)81(68)9)62(97-11)41-64(89)83-33-19-23-58(83)69(98-12)48(8)59(85)37-51(42-84)35-50-20-17-22-55(36-50)79-74(96)99-43-49-25-28-54(29-26-49)78-71(93)53(21-18-32-77-73(75)95)39-60(86)66(45(4)5)80-63(88)24-15-14-16-31-76-70(92)47(7)34-65(90)91/h17,20,22,25-26,28-29,36,44-48,51-53,56-58,62,66-69,84H,13-16,18-19,21,23-24,27,30-35,37-43H2,1-12H3,(H,76,92)(H,78,93)(H,79,96)(H,80,88)(H,90,91)(H3,75,77,95)/t46-,47?,48-,51+,52-,53+,56+,57-,58-,62+,66-,67-,68-,69+/m0/s1. The molecule has 0 spiro atoms. The van der Waals surface area contributed by atoms with E-state index >= 15 is 0 Å². The number of nitrogens with one attached hydrogen (secondary N) is 5. The predicted octanol–water partition coefficient (Wildman–Crippen LogP) is 8.07. The van der Waals surface area contributed by atoms with Crippen LogP contribution in [0.5, 0.6) is 0 Å². The van der Waals surface area contributed by atoms with Crippen molar-refractivity contribution < 1.29 is 77.2 Å². The fourth-order valence-corrected chi connectivity index (χ4v) is 14.7. The van der Waals surface area contributed by atoms with Gasteiger partial charge >= 0.3 is 18.1 Å². The Labute approximate surface area is 585 Å². The number of aliphatic hydroxyl groups is 1. The van der Waals surface area contributed by atoms with Crippen molar-refractivity contribution >= 4 is 76.4 Å². The zero-order chi connectivity index (χ0) is 73.2. The molecule has 2 aromatic rings. The minimum Gasteiger partial charge on any atom is -0.481 e. The number of rotatable bonds is 44. The summed E-state index contributed by atoms with van der Waals surface area (Å²) in [5, 5.41) is 33.2. The number of primary amides is 1. The lowest BCUT2D eigenvalue weighted by atomic mass is 9.83. The number of nitrogens with two attached hydrogens (primary N) is 1. The number of hydrogen-bond acceptors (Lipinski definition) is 16. The van der Waals surface area contributed by atoms with Crippen LogP contribution in [-0.2, 0) is 70.4 Å². The lowest BCUT2D eigenvalue weighted by Gasteiger charge is -2.41. The number of carbonyl (C=O) groups is 11. The van der Waals surface area contributed by atoms with E-state index < -0.39 is 83.9 Å². The molecule has 2 heterocycles. The number of anilines is 2. The van der Waals surface area contributed by atoms with Gasteiger partial charge in [0, 0.05) is 114 Å². The molecular weight excluding hydrogens is 1270 g/mol. The third kappa shape index (κ3) is 25.0. The summed E-state index contributed by atoms with van der Waals surface area (Å²) in [5.41, 5.74) is 7.43. The van der Waals surface area contributed by atoms with E-state index in [2.05, 4.69) is 38.4 Å². The van der Waals surface area contributed by atoms with Gasteiger partial charge in [-0.1, -0.05) is 92.5 Å². The maximum atomic E-state index is 14.6. The van der Waals surface area contributed by atoms with Crippen LogP contribution in [0.2, 0.25) is 0 Å². The van der Waals surface area contributed by atoms with Gasteiger partial charge in [-0.25, -0.2) is 9.59 Å². The number of likely N-dealkylation sites (N-methyl/N-ethyl adjacent to an activating group) is 2. The molecule has 3 fully saturated rings. The molecule has 25 heteroatoms. The van der Waals surface area contributed by atoms with Crippen molar-refractivity contribution in [3.8, 4) is 0 Å². The van der Waals surface area contributed by atoms with E-state index in [9.17, 15) is 57.8 Å². The highest BCUT2D eigenvalue weighted by molar-refractivity contribution is 5.97. The number of aliphatic hydroxyl groups excluding tert-OH is 1. The number of methoxy groups -OCH3 is 2. The minimum atomic E-state index is -1.06. The van der Waals surface area contributed by atoms with Crippen molar-refractivity contribution in [2.24, 2.45) is 59.0 Å². The molecule has 5 rings (SSSR count). The molecule has 2 bridgehead atoms. The van der Waals surface area contributed by atoms with Gasteiger partial charge in [0.15, 0.2) is 11.6 Å². The van der Waals surface area contributed by atoms with E-state index in [1.54, 1.807) is 94.3 Å². The predicted molar refractivity (Wildman–Crippen MR) is 376 cm³/mol. The molecular formula is C74H115N9O16. The van der Waals surface area contributed by atoms with Crippen LogP contribution in [0.1, 0.15) is 176 Å². The second-order valence-corrected chi connectivity index (χ2v) is 28.6. The van der Waals surface area contributed by atoms with Crippen LogP contribution in [0.4, 0.5) is 21.0 Å². The molecule has 0 aromatic heterocycles. The SMILES string of the molecule is CC[C@H](C)[C@@H]([C@@H](CC(=O)N1CCC[C@H]1[C@H](OC)[C@@H](C)C(=O)C[C@H](CO)Cc1cccc(NC(=O)OCc2ccc(NC(=O)[C@H](CCCNC(N)=O)CC(=O)[C@@H](NC(=O)CCCCCNC(=O)C(C)CC(=O)O)C(C)C)cc2)c1)OC)N(C)C(=O)[C@@H](CC(=O)[C@@H]1[C@H]2CC[C@H](C2)N1C)C(C)C. The van der Waals surface area contributed by atoms with Crippen molar-refractivity contribution in [3.05, 3.63) is 59.7 Å². The largest absolute Gasteiger partial charge is 0.481 e. The highest BCUT2D eigenvalue weighted by Gasteiger charge is 2.49. The topological polar surface area (TPSA) is 352 Å². The summed E-state index contributed by atoms with van der Waals surface area (Å²) >= 11 is 0. The Kier molecular flexibility index (Phi) is 33.9. The van der Waals surface area contributed by atoms with Crippen molar-refractivity contribution in [2.45, 2.75) is 220 Å². The zero-order valence-electron chi connectivity index (χ0n) is 60.6. The number of carboxylic acid groups (broad SMARTS) is 1. The Hall–Kier alpha value is -7.35. The minimum absolute atomic E-state index is 0.00243. The Morgan fingerprint density at radius 2 is 1.45 bits per heavy atom. The number of nitrogens with zero attached hydrogens (tertiary/aromatic N) is 3. The number of carboxylic acids is 1. The number of ketones is 3. The summed E-state index contributed by atoms with van der Waals surface area (Å²) in [5.74, 6) is -6.10. The summed E-state index contributed by atoms with van der Waals surface area (Å²) in [6.07, 6.45) is 5.54. The fraction of sp³-hybridized carbons (Fsp3) is 0.689. The number of piperidine rings is 1. The van der Waals surface area contributed by atoms with Crippen LogP contribution in [0, 0.1) is 53.3 Å². The number of likely N-dealkylation sites (tertiary alicyclic amines) is 2. The van der Waals surface area contributed by atoms with Crippen molar-refractivity contribution in [1.29, 1.82) is 0 Å². The van der Waals surface area contributed by atoms with Gasteiger partial charge in [0.25, 0.3) is 0 Å². The van der Waals surface area contributed by atoms with E-state index in [1.165, 1.54) is 6.92 Å². The Bertz CT molecular complexity index is 3020. The summed E-state index contributed by atoms with van der Waals surface area (Å²) in [4.78, 5) is 151. The van der Waals surface area contributed by atoms with Crippen molar-refractivity contribution in [1.82, 2.24) is 30.7 Å². The first-order valence-electron chi connectivity index (χ1n) is 35.8. The molecule has 1 saturated carbocycles. The average molecular weight is 1390 g/mol. The molecule has 3 aliphatic rings. The third-order valence-electron chi connectivity index (χ3n) is 20.7. The molecule has 1 aliphatic carbocycles. The molecule has 2 aliphatic heterocycles. The van der Waals surface area contributed by atoms with Gasteiger partial charge in [-0.2, -0.15) is 0 Å². The molecule has 9 N–H and O–H groups in total. The van der Waals surface area contributed by atoms with Crippen LogP contribution >= 0.6 is 0 Å². The van der Waals surface area contributed by atoms with Gasteiger partial charge < -0.3 is 61.2 Å². The molecule has 14 atom stereocenters. The van der Waals surface area contributed by atoms with E-state index in [1.807, 2.05) is 33.9 Å². The van der Waals surface area contributed by atoms with Gasteiger partial charge in [-0.05, 0) is 136 Å². The number of benzene rings is 2. The van der Waals surface area contributed by atoms with Gasteiger partial charge in [0.05, 0.1) is 49.2 Å². The molecule has 0 radical (unpaired) electrons. The lowest BCUT2D eigenvalue weighted by molar-refractivity contribution is -0.149. The first kappa shape index (κ1) is 82.3. The monoisotopic (exact) mass is 1390 g/mol. The van der Waals surface area contributed by atoms with Crippen molar-refractivity contribution in [3.63, 3.8) is 0 Å². The number of fused-ring (bicyclic) bond motifs is 2. The summed E-state index contributed by atoms with van der Waals surface area (Å²) < 4.78 is 17.8. The molecule has 2 saturated heterocycles. The lowest BCUT2D eigenvalue weighted by Crippen LogP contribution is -2.54.